The molecule has 5 rings (SSSR count). The monoisotopic (exact) mass is 292 g/mol. The second kappa shape index (κ2) is 3.83. The van der Waals surface area contributed by atoms with E-state index in [1.54, 1.807) is 12.3 Å². The number of nitrogens with one attached hydrogen (secondary N) is 1. The average molecular weight is 292 g/mol. The lowest BCUT2D eigenvalue weighted by atomic mass is 9.79. The summed E-state index contributed by atoms with van der Waals surface area (Å²) in [7, 11) is 0. The van der Waals surface area contributed by atoms with Crippen LogP contribution in [0.3, 0.4) is 0 Å². The van der Waals surface area contributed by atoms with E-state index in [0.29, 0.717) is 0 Å². The van der Waals surface area contributed by atoms with Gasteiger partial charge in [0.15, 0.2) is 0 Å². The third-order valence-electron chi connectivity index (χ3n) is 5.26. The van der Waals surface area contributed by atoms with Crippen LogP contribution in [-0.4, -0.2) is 22.3 Å². The van der Waals surface area contributed by atoms with Gasteiger partial charge >= 0.3 is 0 Å². The molecule has 1 unspecified atom stereocenters. The first-order valence-electron chi connectivity index (χ1n) is 7.67. The third kappa shape index (κ3) is 1.30. The molecule has 4 heterocycles. The first kappa shape index (κ1) is 12.1. The summed E-state index contributed by atoms with van der Waals surface area (Å²) in [6.07, 6.45) is 3.24. The molecule has 110 valence electrons. The quantitative estimate of drug-likeness (QED) is 0.691. The second-order valence-corrected chi connectivity index (χ2v) is 6.44. The molecule has 1 N–H and O–H groups in total. The van der Waals surface area contributed by atoms with Crippen LogP contribution in [0.25, 0.3) is 10.9 Å². The van der Waals surface area contributed by atoms with Gasteiger partial charge in [-0.2, -0.15) is 0 Å². The molecule has 4 nitrogen and oxygen atoms in total. The Morgan fingerprint density at radius 3 is 3.05 bits per heavy atom. The van der Waals surface area contributed by atoms with Crippen molar-refractivity contribution in [2.75, 3.05) is 6.54 Å². The highest BCUT2D eigenvalue weighted by Crippen LogP contribution is 2.44. The van der Waals surface area contributed by atoms with E-state index in [0.717, 1.165) is 41.9 Å². The number of carbonyl (C=O) groups is 1. The topological polar surface area (TPSA) is 49.2 Å². The summed E-state index contributed by atoms with van der Waals surface area (Å²) < 4.78 is 5.57. The van der Waals surface area contributed by atoms with E-state index in [-0.39, 0.29) is 11.4 Å². The number of amides is 1. The van der Waals surface area contributed by atoms with Crippen molar-refractivity contribution in [2.24, 2.45) is 0 Å². The molecule has 0 saturated carbocycles. The number of aromatic nitrogens is 1. The van der Waals surface area contributed by atoms with Gasteiger partial charge in [0.25, 0.3) is 5.91 Å². The highest BCUT2D eigenvalue weighted by atomic mass is 16.3. The van der Waals surface area contributed by atoms with Gasteiger partial charge in [-0.15, -0.1) is 0 Å². The number of H-pyrrole nitrogens is 1. The largest absolute Gasteiger partial charge is 0.468 e. The van der Waals surface area contributed by atoms with Crippen LogP contribution < -0.4 is 0 Å². The number of para-hydroxylation sites is 1. The summed E-state index contributed by atoms with van der Waals surface area (Å²) >= 11 is 0. The van der Waals surface area contributed by atoms with Crippen molar-refractivity contribution in [3.8, 4) is 0 Å². The number of fused-ring (bicyclic) bond motifs is 6. The molecule has 0 aliphatic carbocycles. The summed E-state index contributed by atoms with van der Waals surface area (Å²) in [4.78, 5) is 18.4. The smallest absolute Gasteiger partial charge is 0.258 e. The normalized spacial score (nSPS) is 23.3. The van der Waals surface area contributed by atoms with Gasteiger partial charge in [-0.05, 0) is 31.0 Å². The molecule has 0 radical (unpaired) electrons. The number of hydrogen-bond acceptors (Lipinski definition) is 2. The van der Waals surface area contributed by atoms with Crippen molar-refractivity contribution < 1.29 is 9.21 Å². The number of carbonyl (C=O) groups excluding carboxylic acids is 1. The van der Waals surface area contributed by atoms with Gasteiger partial charge in [-0.25, -0.2) is 0 Å². The molecule has 2 aliphatic heterocycles. The Morgan fingerprint density at radius 2 is 2.14 bits per heavy atom. The predicted octanol–water partition coefficient (Wildman–Crippen LogP) is 3.23. The van der Waals surface area contributed by atoms with Gasteiger partial charge in [0.1, 0.15) is 5.76 Å². The number of rotatable bonds is 0. The van der Waals surface area contributed by atoms with Gasteiger partial charge in [0, 0.05) is 29.6 Å². The zero-order chi connectivity index (χ0) is 14.9. The van der Waals surface area contributed by atoms with Gasteiger partial charge in [0.05, 0.1) is 17.4 Å². The van der Waals surface area contributed by atoms with E-state index in [2.05, 4.69) is 30.1 Å². The Morgan fingerprint density at radius 1 is 1.27 bits per heavy atom. The van der Waals surface area contributed by atoms with Gasteiger partial charge in [-0.3, -0.25) is 4.79 Å². The highest BCUT2D eigenvalue weighted by molar-refractivity contribution is 5.98. The molecule has 0 saturated heterocycles. The average Bonchev–Trinajstić information content (AvgIpc) is 3.12. The van der Waals surface area contributed by atoms with Crippen molar-refractivity contribution >= 4 is 16.8 Å². The van der Waals surface area contributed by atoms with E-state index in [1.165, 1.54) is 10.9 Å². The van der Waals surface area contributed by atoms with Crippen molar-refractivity contribution in [1.29, 1.82) is 0 Å². The predicted molar refractivity (Wildman–Crippen MR) is 82.8 cm³/mol. The Labute approximate surface area is 127 Å². The van der Waals surface area contributed by atoms with Gasteiger partial charge in [-0.1, -0.05) is 18.2 Å². The minimum absolute atomic E-state index is 0.0850. The lowest BCUT2D eigenvalue weighted by Gasteiger charge is -2.46. The summed E-state index contributed by atoms with van der Waals surface area (Å²) in [5, 5.41) is 1.27. The molecule has 0 spiro atoms. The van der Waals surface area contributed by atoms with Crippen LogP contribution in [0.1, 0.15) is 34.3 Å². The van der Waals surface area contributed by atoms with Crippen molar-refractivity contribution in [3.63, 3.8) is 0 Å². The maximum Gasteiger partial charge on any atom is 0.258 e. The van der Waals surface area contributed by atoms with E-state index in [1.807, 2.05) is 11.0 Å². The van der Waals surface area contributed by atoms with Crippen LogP contribution in [0.4, 0.5) is 0 Å². The maximum atomic E-state index is 12.8. The molecule has 22 heavy (non-hydrogen) atoms. The molecule has 3 aromatic rings. The molecular weight excluding hydrogens is 276 g/mol. The van der Waals surface area contributed by atoms with Crippen LogP contribution in [0.5, 0.6) is 0 Å². The Hall–Kier alpha value is -2.49. The highest BCUT2D eigenvalue weighted by Gasteiger charge is 2.48. The fourth-order valence-corrected chi connectivity index (χ4v) is 4.16. The lowest BCUT2D eigenvalue weighted by Crippen LogP contribution is -2.55. The summed E-state index contributed by atoms with van der Waals surface area (Å²) in [5.74, 6) is 0.886. The molecule has 1 amide bonds. The molecule has 1 aromatic carbocycles. The minimum atomic E-state index is -0.353. The fourth-order valence-electron chi connectivity index (χ4n) is 4.16. The summed E-state index contributed by atoms with van der Waals surface area (Å²) in [6.45, 7) is 2.90. The number of hydrogen-bond donors (Lipinski definition) is 1. The Balaban J connectivity index is 1.78. The van der Waals surface area contributed by atoms with Crippen molar-refractivity contribution in [1.82, 2.24) is 9.88 Å². The van der Waals surface area contributed by atoms with E-state index in [4.69, 9.17) is 4.42 Å². The van der Waals surface area contributed by atoms with Crippen molar-refractivity contribution in [3.05, 3.63) is 59.2 Å². The van der Waals surface area contributed by atoms with Gasteiger partial charge in [0.2, 0.25) is 0 Å². The maximum absolute atomic E-state index is 12.8. The molecular formula is C18H16N2O2. The Bertz CT molecular complexity index is 920. The second-order valence-electron chi connectivity index (χ2n) is 6.44. The number of furan rings is 1. The minimum Gasteiger partial charge on any atom is -0.468 e. The first-order chi connectivity index (χ1) is 10.7. The van der Waals surface area contributed by atoms with Crippen molar-refractivity contribution in [2.45, 2.75) is 25.3 Å². The zero-order valence-electron chi connectivity index (χ0n) is 12.3. The zero-order valence-corrected chi connectivity index (χ0v) is 12.3. The SMILES string of the molecule is CC12Cc3occc3C(=O)N1CCc1c2[nH]c2ccccc12. The standard InChI is InChI=1S/C18H16N2O2/c1-18-10-15-13(7-9-22-15)17(21)20(18)8-6-12-11-4-2-3-5-14(11)19-16(12)18/h2-5,7,9,19H,6,8,10H2,1H3. The summed E-state index contributed by atoms with van der Waals surface area (Å²) in [5.41, 5.74) is 4.02. The molecule has 2 aromatic heterocycles. The molecule has 0 fully saturated rings. The molecule has 2 aliphatic rings. The fraction of sp³-hybridized carbons (Fsp3) is 0.278. The molecule has 1 atom stereocenters. The van der Waals surface area contributed by atoms with Crippen LogP contribution in [0.15, 0.2) is 41.0 Å². The Kier molecular flexibility index (Phi) is 2.10. The van der Waals surface area contributed by atoms with Crippen LogP contribution in [-0.2, 0) is 18.4 Å². The lowest BCUT2D eigenvalue weighted by molar-refractivity contribution is 0.0386. The first-order valence-corrected chi connectivity index (χ1v) is 7.67. The number of nitrogens with zero attached hydrogens (tertiary/aromatic N) is 1. The van der Waals surface area contributed by atoms with E-state index in [9.17, 15) is 4.79 Å². The van der Waals surface area contributed by atoms with E-state index < -0.39 is 0 Å². The third-order valence-corrected chi connectivity index (χ3v) is 5.26. The van der Waals surface area contributed by atoms with Gasteiger partial charge < -0.3 is 14.3 Å². The van der Waals surface area contributed by atoms with Crippen LogP contribution >= 0.6 is 0 Å². The van der Waals surface area contributed by atoms with E-state index >= 15 is 0 Å². The molecule has 4 heteroatoms. The van der Waals surface area contributed by atoms with Crippen LogP contribution in [0.2, 0.25) is 0 Å². The molecule has 0 bridgehead atoms. The number of benzene rings is 1. The van der Waals surface area contributed by atoms with Crippen LogP contribution in [0, 0.1) is 0 Å². The summed E-state index contributed by atoms with van der Waals surface area (Å²) in [6, 6.07) is 10.2. The number of aromatic amines is 1.